The Morgan fingerprint density at radius 2 is 1.79 bits per heavy atom. The van der Waals surface area contributed by atoms with Crippen LogP contribution in [0.5, 0.6) is 5.75 Å². The molecule has 1 fully saturated rings. The maximum absolute atomic E-state index is 13.3. The number of carbonyl (C=O) groups is 2. The molecule has 0 saturated heterocycles. The van der Waals surface area contributed by atoms with Crippen LogP contribution in [0.15, 0.2) is 40.9 Å². The summed E-state index contributed by atoms with van der Waals surface area (Å²) in [7, 11) is 0. The van der Waals surface area contributed by atoms with Crippen LogP contribution < -0.4 is 10.1 Å². The highest BCUT2D eigenvalue weighted by molar-refractivity contribution is 9.10. The van der Waals surface area contributed by atoms with E-state index in [1.165, 1.54) is 16.9 Å². The molecule has 0 radical (unpaired) electrons. The van der Waals surface area contributed by atoms with Gasteiger partial charge in [-0.05, 0) is 77.5 Å². The third kappa shape index (κ3) is 7.37. The van der Waals surface area contributed by atoms with E-state index >= 15 is 0 Å². The van der Waals surface area contributed by atoms with E-state index in [-0.39, 0.29) is 31.0 Å². The number of nitrogens with zero attached hydrogens (tertiary/aromatic N) is 1. The van der Waals surface area contributed by atoms with Gasteiger partial charge in [-0.2, -0.15) is 0 Å². The van der Waals surface area contributed by atoms with E-state index in [9.17, 15) is 9.59 Å². The number of nitrogens with one attached hydrogen (secondary N) is 1. The van der Waals surface area contributed by atoms with E-state index in [0.717, 1.165) is 42.1 Å². The molecule has 2 aromatic rings. The van der Waals surface area contributed by atoms with Crippen LogP contribution in [0.3, 0.4) is 0 Å². The second kappa shape index (κ2) is 12.8. The third-order valence-electron chi connectivity index (χ3n) is 6.21. The van der Waals surface area contributed by atoms with E-state index < -0.39 is 6.04 Å². The topological polar surface area (TPSA) is 58.6 Å². The Morgan fingerprint density at radius 1 is 1.09 bits per heavy atom. The maximum atomic E-state index is 13.3. The molecule has 184 valence electrons. The summed E-state index contributed by atoms with van der Waals surface area (Å²) in [5.74, 6) is 0.136. The molecular formula is C26H31BrCl2N2O3. The summed E-state index contributed by atoms with van der Waals surface area (Å²) in [5, 5.41) is 3.97. The molecule has 1 N–H and O–H groups in total. The summed E-state index contributed by atoms with van der Waals surface area (Å²) in [4.78, 5) is 27.9. The first-order chi connectivity index (χ1) is 16.3. The van der Waals surface area contributed by atoms with Crippen LogP contribution in [0.1, 0.15) is 57.1 Å². The molecular weight excluding hydrogens is 539 g/mol. The molecule has 5 nitrogen and oxygen atoms in total. The fourth-order valence-electron chi connectivity index (χ4n) is 4.09. The van der Waals surface area contributed by atoms with Gasteiger partial charge in [0.15, 0.2) is 6.61 Å². The Balaban J connectivity index is 1.74. The molecule has 0 aliphatic heterocycles. The average Bonchev–Trinajstić information content (AvgIpc) is 2.83. The summed E-state index contributed by atoms with van der Waals surface area (Å²) in [6.45, 7) is 3.85. The second-order valence-corrected chi connectivity index (χ2v) is 10.4. The summed E-state index contributed by atoms with van der Waals surface area (Å²) in [6.07, 6.45) is 6.29. The molecule has 1 aliphatic rings. The van der Waals surface area contributed by atoms with E-state index in [1.807, 2.05) is 18.2 Å². The normalized spacial score (nSPS) is 15.0. The number of benzene rings is 2. The largest absolute Gasteiger partial charge is 0.483 e. The van der Waals surface area contributed by atoms with Gasteiger partial charge in [0.1, 0.15) is 11.8 Å². The summed E-state index contributed by atoms with van der Waals surface area (Å²) in [6, 6.07) is 10.5. The first-order valence-electron chi connectivity index (χ1n) is 11.7. The van der Waals surface area contributed by atoms with Crippen LogP contribution in [0.25, 0.3) is 0 Å². The minimum Gasteiger partial charge on any atom is -0.483 e. The van der Waals surface area contributed by atoms with Crippen LogP contribution in [0.4, 0.5) is 0 Å². The molecule has 0 heterocycles. The molecule has 0 aromatic heterocycles. The van der Waals surface area contributed by atoms with Crippen molar-refractivity contribution in [1.82, 2.24) is 10.2 Å². The van der Waals surface area contributed by atoms with E-state index in [2.05, 4.69) is 28.2 Å². The Labute approximate surface area is 220 Å². The van der Waals surface area contributed by atoms with Gasteiger partial charge in [-0.15, -0.1) is 0 Å². The van der Waals surface area contributed by atoms with Crippen molar-refractivity contribution in [2.24, 2.45) is 0 Å². The lowest BCUT2D eigenvalue weighted by Crippen LogP contribution is -2.51. The molecule has 1 saturated carbocycles. The van der Waals surface area contributed by atoms with Gasteiger partial charge in [-0.3, -0.25) is 9.59 Å². The van der Waals surface area contributed by atoms with Gasteiger partial charge in [-0.1, -0.05) is 61.5 Å². The van der Waals surface area contributed by atoms with E-state index in [0.29, 0.717) is 15.8 Å². The number of hydrogen-bond donors (Lipinski definition) is 1. The zero-order chi connectivity index (χ0) is 24.7. The average molecular weight is 570 g/mol. The van der Waals surface area contributed by atoms with Gasteiger partial charge in [-0.25, -0.2) is 0 Å². The lowest BCUT2D eigenvalue weighted by Gasteiger charge is -2.31. The van der Waals surface area contributed by atoms with Crippen molar-refractivity contribution < 1.29 is 14.3 Å². The molecule has 2 amide bonds. The minimum absolute atomic E-state index is 0.159. The predicted octanol–water partition coefficient (Wildman–Crippen LogP) is 6.56. The van der Waals surface area contributed by atoms with Crippen molar-refractivity contribution in [3.8, 4) is 5.75 Å². The summed E-state index contributed by atoms with van der Waals surface area (Å²) >= 11 is 15.8. The van der Waals surface area contributed by atoms with E-state index in [1.54, 1.807) is 25.1 Å². The molecule has 0 bridgehead atoms. The van der Waals surface area contributed by atoms with Gasteiger partial charge in [0.25, 0.3) is 5.91 Å². The molecule has 1 unspecified atom stereocenters. The number of ether oxygens (including phenoxy) is 1. The zero-order valence-electron chi connectivity index (χ0n) is 19.6. The highest BCUT2D eigenvalue weighted by atomic mass is 79.9. The van der Waals surface area contributed by atoms with Crippen LogP contribution in [0.2, 0.25) is 10.0 Å². The Hall–Kier alpha value is -1.76. The van der Waals surface area contributed by atoms with Gasteiger partial charge < -0.3 is 15.0 Å². The van der Waals surface area contributed by atoms with Crippen molar-refractivity contribution in [3.63, 3.8) is 0 Å². The molecule has 2 aromatic carbocycles. The molecule has 8 heteroatoms. The van der Waals surface area contributed by atoms with Crippen molar-refractivity contribution in [1.29, 1.82) is 0 Å². The highest BCUT2D eigenvalue weighted by Gasteiger charge is 2.28. The quantitative estimate of drug-likeness (QED) is 0.372. The summed E-state index contributed by atoms with van der Waals surface area (Å²) < 4.78 is 6.61. The summed E-state index contributed by atoms with van der Waals surface area (Å²) in [5.41, 5.74) is 1.95. The van der Waals surface area contributed by atoms with Crippen LogP contribution in [0, 0.1) is 0 Å². The maximum Gasteiger partial charge on any atom is 0.261 e. The predicted molar refractivity (Wildman–Crippen MR) is 141 cm³/mol. The Bertz CT molecular complexity index is 1010. The van der Waals surface area contributed by atoms with Gasteiger partial charge in [0.05, 0.1) is 14.5 Å². The highest BCUT2D eigenvalue weighted by Crippen LogP contribution is 2.27. The number of carbonyl (C=O) groups excluding carboxylic acids is 2. The fourth-order valence-corrected chi connectivity index (χ4v) is 4.95. The third-order valence-corrected chi connectivity index (χ3v) is 7.57. The first-order valence-corrected chi connectivity index (χ1v) is 13.3. The van der Waals surface area contributed by atoms with Gasteiger partial charge in [0.2, 0.25) is 5.91 Å². The van der Waals surface area contributed by atoms with Gasteiger partial charge >= 0.3 is 0 Å². The zero-order valence-corrected chi connectivity index (χ0v) is 22.7. The molecule has 34 heavy (non-hydrogen) atoms. The second-order valence-electron chi connectivity index (χ2n) is 8.70. The van der Waals surface area contributed by atoms with Gasteiger partial charge in [0, 0.05) is 12.6 Å². The lowest BCUT2D eigenvalue weighted by molar-refractivity contribution is -0.142. The molecule has 1 atom stereocenters. The Morgan fingerprint density at radius 3 is 2.44 bits per heavy atom. The number of amides is 2. The lowest BCUT2D eigenvalue weighted by atomic mass is 9.95. The number of rotatable bonds is 9. The fraction of sp³-hybridized carbons (Fsp3) is 0.462. The van der Waals surface area contributed by atoms with Crippen LogP contribution in [-0.4, -0.2) is 35.4 Å². The molecule has 3 rings (SSSR count). The monoisotopic (exact) mass is 568 g/mol. The van der Waals surface area contributed by atoms with Crippen molar-refractivity contribution in [3.05, 3.63) is 62.0 Å². The van der Waals surface area contributed by atoms with Crippen molar-refractivity contribution >= 4 is 50.9 Å². The molecule has 0 spiro atoms. The number of aryl methyl sites for hydroxylation is 1. The SMILES string of the molecule is CCc1ccc(OCC(=O)N(Cc2ccc(Cl)c(Cl)c2)C(C)C(=O)NC2CCCCC2)c(Br)c1. The smallest absolute Gasteiger partial charge is 0.261 e. The van der Waals surface area contributed by atoms with E-state index in [4.69, 9.17) is 27.9 Å². The van der Waals surface area contributed by atoms with Crippen molar-refractivity contribution in [2.45, 2.75) is 71.0 Å². The number of halogens is 3. The Kier molecular flexibility index (Phi) is 10.1. The first kappa shape index (κ1) is 26.8. The molecule has 1 aliphatic carbocycles. The van der Waals surface area contributed by atoms with Crippen molar-refractivity contribution in [2.75, 3.05) is 6.61 Å². The minimum atomic E-state index is -0.668. The van der Waals surface area contributed by atoms with Crippen LogP contribution in [-0.2, 0) is 22.6 Å². The number of hydrogen-bond acceptors (Lipinski definition) is 3. The van der Waals surface area contributed by atoms with Crippen LogP contribution >= 0.6 is 39.1 Å². The standard InChI is InChI=1S/C26H31BrCl2N2O3/c1-3-18-10-12-24(21(27)13-18)34-16-25(32)31(15-19-9-11-22(28)23(29)14-19)17(2)26(33)30-20-7-5-4-6-8-20/h9-14,17,20H,3-8,15-16H2,1-2H3,(H,30,33).